The molecule has 1 rings (SSSR count). The van der Waals surface area contributed by atoms with Gasteiger partial charge < -0.3 is 5.32 Å². The second-order valence-corrected chi connectivity index (χ2v) is 3.62. The molecule has 0 bridgehead atoms. The second kappa shape index (κ2) is 5.12. The SMILES string of the molecule is C#CC(C)NC(=O)c1ccc(C)c([N+](=O)[O-])c1. The van der Waals surface area contributed by atoms with Crippen LogP contribution in [0.1, 0.15) is 22.8 Å². The van der Waals surface area contributed by atoms with Gasteiger partial charge in [0.1, 0.15) is 0 Å². The lowest BCUT2D eigenvalue weighted by atomic mass is 10.1. The van der Waals surface area contributed by atoms with E-state index in [1.165, 1.54) is 18.2 Å². The Balaban J connectivity index is 3.01. The summed E-state index contributed by atoms with van der Waals surface area (Å²) in [5.41, 5.74) is 0.659. The minimum Gasteiger partial charge on any atom is -0.339 e. The van der Waals surface area contributed by atoms with Crippen LogP contribution >= 0.6 is 0 Å². The van der Waals surface area contributed by atoms with Gasteiger partial charge in [-0.25, -0.2) is 0 Å². The van der Waals surface area contributed by atoms with E-state index in [9.17, 15) is 14.9 Å². The molecule has 5 nitrogen and oxygen atoms in total. The number of hydrogen-bond acceptors (Lipinski definition) is 3. The summed E-state index contributed by atoms with van der Waals surface area (Å²) in [6.45, 7) is 3.27. The Morgan fingerprint density at radius 2 is 2.24 bits per heavy atom. The van der Waals surface area contributed by atoms with Gasteiger partial charge in [0.05, 0.1) is 11.0 Å². The standard InChI is InChI=1S/C12H12N2O3/c1-4-9(3)13-12(15)10-6-5-8(2)11(7-10)14(16)17/h1,5-7,9H,2-3H3,(H,13,15). The molecule has 0 aliphatic rings. The summed E-state index contributed by atoms with van der Waals surface area (Å²) in [5, 5.41) is 13.3. The molecule has 0 saturated carbocycles. The normalized spacial score (nSPS) is 11.4. The van der Waals surface area contributed by atoms with Gasteiger partial charge in [0.15, 0.2) is 0 Å². The maximum Gasteiger partial charge on any atom is 0.273 e. The molecule has 0 fully saturated rings. The maximum atomic E-state index is 11.7. The van der Waals surface area contributed by atoms with Gasteiger partial charge in [-0.2, -0.15) is 0 Å². The molecule has 1 unspecified atom stereocenters. The number of aryl methyl sites for hydroxylation is 1. The smallest absolute Gasteiger partial charge is 0.273 e. The van der Waals surface area contributed by atoms with Crippen LogP contribution in [0, 0.1) is 29.4 Å². The van der Waals surface area contributed by atoms with Crippen LogP contribution in [-0.2, 0) is 0 Å². The van der Waals surface area contributed by atoms with Crippen LogP contribution in [0.2, 0.25) is 0 Å². The zero-order valence-corrected chi connectivity index (χ0v) is 9.56. The van der Waals surface area contributed by atoms with Crippen molar-refractivity contribution in [3.8, 4) is 12.3 Å². The maximum absolute atomic E-state index is 11.7. The third-order valence-electron chi connectivity index (χ3n) is 2.27. The van der Waals surface area contributed by atoms with E-state index in [0.29, 0.717) is 5.56 Å². The van der Waals surface area contributed by atoms with E-state index in [4.69, 9.17) is 6.42 Å². The van der Waals surface area contributed by atoms with E-state index in [0.717, 1.165) is 0 Å². The molecule has 0 radical (unpaired) electrons. The number of amides is 1. The topological polar surface area (TPSA) is 72.2 Å². The van der Waals surface area contributed by atoms with Crippen LogP contribution in [0.25, 0.3) is 0 Å². The van der Waals surface area contributed by atoms with E-state index < -0.39 is 16.9 Å². The average Bonchev–Trinajstić information content (AvgIpc) is 2.28. The third kappa shape index (κ3) is 3.05. The first-order valence-corrected chi connectivity index (χ1v) is 4.97. The number of nitro benzene ring substituents is 1. The minimum atomic E-state index is -0.517. The van der Waals surface area contributed by atoms with Crippen LogP contribution in [-0.4, -0.2) is 16.9 Å². The van der Waals surface area contributed by atoms with Crippen molar-refractivity contribution in [1.82, 2.24) is 5.32 Å². The highest BCUT2D eigenvalue weighted by atomic mass is 16.6. The van der Waals surface area contributed by atoms with Crippen molar-refractivity contribution in [3.05, 3.63) is 39.4 Å². The Morgan fingerprint density at radius 1 is 1.59 bits per heavy atom. The molecule has 5 heteroatoms. The number of hydrogen-bond donors (Lipinski definition) is 1. The van der Waals surface area contributed by atoms with Crippen molar-refractivity contribution in [3.63, 3.8) is 0 Å². The number of carbonyl (C=O) groups excluding carboxylic acids is 1. The number of rotatable bonds is 3. The molecule has 17 heavy (non-hydrogen) atoms. The highest BCUT2D eigenvalue weighted by Crippen LogP contribution is 2.19. The fourth-order valence-electron chi connectivity index (χ4n) is 1.27. The summed E-state index contributed by atoms with van der Waals surface area (Å²) in [6.07, 6.45) is 5.13. The van der Waals surface area contributed by atoms with Crippen molar-refractivity contribution in [1.29, 1.82) is 0 Å². The van der Waals surface area contributed by atoms with Crippen molar-refractivity contribution in [2.45, 2.75) is 19.9 Å². The lowest BCUT2D eigenvalue weighted by Crippen LogP contribution is -2.31. The van der Waals surface area contributed by atoms with Gasteiger partial charge in [-0.05, 0) is 19.9 Å². The van der Waals surface area contributed by atoms with Crippen molar-refractivity contribution in [2.24, 2.45) is 0 Å². The van der Waals surface area contributed by atoms with Gasteiger partial charge in [-0.3, -0.25) is 14.9 Å². The Hall–Kier alpha value is -2.35. The molecule has 1 atom stereocenters. The van der Waals surface area contributed by atoms with Crippen LogP contribution in [0.3, 0.4) is 0 Å². The van der Waals surface area contributed by atoms with E-state index in [1.54, 1.807) is 13.8 Å². The predicted octanol–water partition coefficient (Wildman–Crippen LogP) is 1.65. The first kappa shape index (κ1) is 12.7. The molecule has 1 aromatic rings. The zero-order chi connectivity index (χ0) is 13.0. The quantitative estimate of drug-likeness (QED) is 0.489. The molecule has 0 aromatic heterocycles. The predicted molar refractivity (Wildman–Crippen MR) is 63.6 cm³/mol. The molecule has 0 saturated heterocycles. The van der Waals surface area contributed by atoms with E-state index >= 15 is 0 Å². The summed E-state index contributed by atoms with van der Waals surface area (Å²) in [5.74, 6) is 1.93. The number of terminal acetylenes is 1. The van der Waals surface area contributed by atoms with Crippen LogP contribution in [0.4, 0.5) is 5.69 Å². The third-order valence-corrected chi connectivity index (χ3v) is 2.27. The average molecular weight is 232 g/mol. The number of nitrogens with one attached hydrogen (secondary N) is 1. The highest BCUT2D eigenvalue weighted by Gasteiger charge is 2.15. The fourth-order valence-corrected chi connectivity index (χ4v) is 1.27. The van der Waals surface area contributed by atoms with Crippen LogP contribution < -0.4 is 5.32 Å². The number of nitro groups is 1. The lowest BCUT2D eigenvalue weighted by Gasteiger charge is -2.07. The number of carbonyl (C=O) groups is 1. The zero-order valence-electron chi connectivity index (χ0n) is 9.56. The molecule has 0 heterocycles. The molecule has 0 aliphatic carbocycles. The van der Waals surface area contributed by atoms with E-state index in [1.807, 2.05) is 0 Å². The molecule has 1 N–H and O–H groups in total. The van der Waals surface area contributed by atoms with Gasteiger partial charge >= 0.3 is 0 Å². The molecular formula is C12H12N2O3. The molecule has 88 valence electrons. The van der Waals surface area contributed by atoms with Crippen molar-refractivity contribution >= 4 is 11.6 Å². The van der Waals surface area contributed by atoms with Crippen LogP contribution in [0.5, 0.6) is 0 Å². The lowest BCUT2D eigenvalue weighted by molar-refractivity contribution is -0.385. The van der Waals surface area contributed by atoms with Gasteiger partial charge in [0.2, 0.25) is 0 Å². The Labute approximate surface area is 99.0 Å². The first-order chi connectivity index (χ1) is 7.95. The fraction of sp³-hybridized carbons (Fsp3) is 0.250. The van der Waals surface area contributed by atoms with Crippen LogP contribution in [0.15, 0.2) is 18.2 Å². The van der Waals surface area contributed by atoms with Gasteiger partial charge in [0, 0.05) is 17.2 Å². The molecule has 0 aliphatic heterocycles. The number of benzene rings is 1. The summed E-state index contributed by atoms with van der Waals surface area (Å²) >= 11 is 0. The van der Waals surface area contributed by atoms with Crippen molar-refractivity contribution < 1.29 is 9.72 Å². The molecule has 0 spiro atoms. The molecule has 1 amide bonds. The minimum absolute atomic E-state index is 0.0778. The highest BCUT2D eigenvalue weighted by molar-refractivity contribution is 5.95. The second-order valence-electron chi connectivity index (χ2n) is 3.62. The summed E-state index contributed by atoms with van der Waals surface area (Å²) < 4.78 is 0. The Bertz CT molecular complexity index is 503. The Morgan fingerprint density at radius 3 is 2.76 bits per heavy atom. The molecular weight excluding hydrogens is 220 g/mol. The monoisotopic (exact) mass is 232 g/mol. The first-order valence-electron chi connectivity index (χ1n) is 4.97. The van der Waals surface area contributed by atoms with E-state index in [2.05, 4.69) is 11.2 Å². The summed E-state index contributed by atoms with van der Waals surface area (Å²) in [4.78, 5) is 21.9. The van der Waals surface area contributed by atoms with Gasteiger partial charge in [-0.15, -0.1) is 6.42 Å². The summed E-state index contributed by atoms with van der Waals surface area (Å²) in [6, 6.07) is 3.89. The van der Waals surface area contributed by atoms with E-state index in [-0.39, 0.29) is 11.3 Å². The Kier molecular flexibility index (Phi) is 3.83. The summed E-state index contributed by atoms with van der Waals surface area (Å²) in [7, 11) is 0. The van der Waals surface area contributed by atoms with Gasteiger partial charge in [0.25, 0.3) is 11.6 Å². The largest absolute Gasteiger partial charge is 0.339 e. The van der Waals surface area contributed by atoms with Gasteiger partial charge in [-0.1, -0.05) is 12.0 Å². The number of nitrogens with zero attached hydrogens (tertiary/aromatic N) is 1. The molecule has 1 aromatic carbocycles. The van der Waals surface area contributed by atoms with Crippen molar-refractivity contribution in [2.75, 3.05) is 0 Å².